The number of hydrogen-bond acceptors (Lipinski definition) is 12. The smallest absolute Gasteiger partial charge is 0.497 e. The van der Waals surface area contributed by atoms with E-state index in [1.807, 2.05) is 24.3 Å². The summed E-state index contributed by atoms with van der Waals surface area (Å²) in [6.07, 6.45) is -3.44. The van der Waals surface area contributed by atoms with Gasteiger partial charge in [-0.3, -0.25) is 4.18 Å². The quantitative estimate of drug-likeness (QED) is 0.0455. The van der Waals surface area contributed by atoms with Crippen LogP contribution in [-0.2, 0) is 48.7 Å². The molecule has 0 radical (unpaired) electrons. The summed E-state index contributed by atoms with van der Waals surface area (Å²) in [7, 11) is 43.9. The van der Waals surface area contributed by atoms with Gasteiger partial charge in [0.2, 0.25) is 0 Å². The molecule has 1 heterocycles. The molecule has 1 aromatic carbocycles. The summed E-state index contributed by atoms with van der Waals surface area (Å²) in [5.41, 5.74) is -2.47. The molecule has 73 heavy (non-hydrogen) atoms. The Morgan fingerprint density at radius 3 is 1.81 bits per heavy atom. The van der Waals surface area contributed by atoms with E-state index in [-0.39, 0.29) is 19.4 Å². The standard InChI is InChI=1S/C30H72O12P30S/c1-16-19(40-60(44)71(67(53)54)72(68(55)56)69(57)58)13-30-25(38-26(32)39-30)24-28(4,12-20(23(16)27(30,2)3)41-62(65(49)50)70(59-43)66(51)52)22(42-61(63(45)46)64(47)48)11-21(31)29(24,15-37-73(6,33)34)36-14-17-7-9-18(35-5)10-8-17/h7-10,19-22,24-25,31,59H,11-15,43-58H2,1-6H3/t19-,20+,21+,22-,24-,25-,28+,29-,30+,60?,62?,70?,71?/m0/s1. The molecule has 3 fully saturated rings. The van der Waals surface area contributed by atoms with Gasteiger partial charge in [-0.25, -0.2) is 4.79 Å². The Kier molecular flexibility index (Phi) is 32.9. The van der Waals surface area contributed by atoms with Gasteiger partial charge in [0.1, 0.15) is 11.4 Å². The molecular weight excluding hydrogens is 1510 g/mol. The highest BCUT2D eigenvalue weighted by Gasteiger charge is 2.77. The third-order valence-electron chi connectivity index (χ3n) is 13.2. The van der Waals surface area contributed by atoms with Crippen LogP contribution >= 0.6 is 243 Å². The maximum absolute atomic E-state index is 14.7. The molecule has 2 bridgehead atoms. The molecule has 420 valence electrons. The highest BCUT2D eigenvalue weighted by molar-refractivity contribution is 9.25. The van der Waals surface area contributed by atoms with Crippen molar-refractivity contribution in [2.45, 2.75) is 95.3 Å². The van der Waals surface area contributed by atoms with Crippen molar-refractivity contribution in [1.82, 2.24) is 0 Å². The molecule has 1 aromatic rings. The maximum Gasteiger partial charge on any atom is 0.509 e. The Hall–Kier alpha value is 10.6. The number of hydrogen-bond donors (Lipinski definition) is 1. The molecule has 1 spiro atoms. The van der Waals surface area contributed by atoms with E-state index in [1.54, 1.807) is 7.11 Å². The lowest BCUT2D eigenvalue weighted by Crippen LogP contribution is -2.75. The van der Waals surface area contributed by atoms with Crippen LogP contribution in [0.15, 0.2) is 35.4 Å². The Bertz CT molecular complexity index is 2160. The average Bonchev–Trinajstić information content (AvgIpc) is 3.60. The lowest BCUT2D eigenvalue weighted by Gasteiger charge is -2.65. The lowest BCUT2D eigenvalue weighted by atomic mass is 9.46. The fraction of sp³-hybridized carbons (Fsp3) is 0.700. The van der Waals surface area contributed by atoms with Crippen molar-refractivity contribution in [3.8, 4) is 5.75 Å². The van der Waals surface area contributed by atoms with Crippen molar-refractivity contribution < 1.29 is 55.0 Å². The highest BCUT2D eigenvalue weighted by atomic mass is 33.3. The summed E-state index contributed by atoms with van der Waals surface area (Å²) in [6, 6.07) is 7.42. The fourth-order valence-corrected chi connectivity index (χ4v) is 240. The molecule has 3 aliphatic carbocycles. The third-order valence-corrected chi connectivity index (χ3v) is 157. The summed E-state index contributed by atoms with van der Waals surface area (Å²) in [5, 5.41) is 13.3. The van der Waals surface area contributed by atoms with E-state index < -0.39 is 174 Å². The first kappa shape index (κ1) is 74.4. The van der Waals surface area contributed by atoms with Gasteiger partial charge >= 0.3 is 6.16 Å². The number of carbonyl (C=O) groups is 1. The number of fused-ring (bicyclic) bond motifs is 3. The predicted octanol–water partition coefficient (Wildman–Crippen LogP) is 20.3. The van der Waals surface area contributed by atoms with Crippen LogP contribution < -0.4 is 4.74 Å². The zero-order valence-electron chi connectivity index (χ0n) is 40.7. The molecule has 12 nitrogen and oxygen atoms in total. The predicted molar refractivity (Wildman–Crippen MR) is 402 cm³/mol. The van der Waals surface area contributed by atoms with Crippen LogP contribution in [0.4, 0.5) is 4.79 Å². The van der Waals surface area contributed by atoms with Crippen LogP contribution in [0.3, 0.4) is 0 Å². The maximum atomic E-state index is 14.7. The SMILES string of the molecule is COc1ccc(CO[C@@]2(COS(C)(=O)=O)[C@H](O)C[C@H](OP(P(P)P)P(P)P)[C@@]3(C)C[C@@H](OP(P(P)P)P(PP)P(P)P)C4=C(C)[C@@H](OP(P)P(P(P)P)P(P(P)P)P(P)P)C[C@]5(OC(=O)O[C@H]5[C@@H]32)C4(C)C)cc1. The van der Waals surface area contributed by atoms with Crippen LogP contribution in [0, 0.1) is 16.7 Å². The second-order valence-electron chi connectivity index (χ2n) is 17.9. The first-order chi connectivity index (χ1) is 33.7. The number of methoxy groups -OCH3 is 1. The Morgan fingerprint density at radius 2 is 1.33 bits per heavy atom. The Morgan fingerprint density at radius 1 is 0.767 bits per heavy atom. The number of aliphatic hydroxyl groups is 1. The minimum absolute atomic E-state index is 0.0440. The number of ether oxygens (including phenoxy) is 4. The molecule has 0 aromatic heterocycles. The number of carbonyl (C=O) groups excluding carboxylic acids is 1. The van der Waals surface area contributed by atoms with E-state index in [1.165, 1.54) is 0 Å². The first-order valence-corrected chi connectivity index (χ1v) is 75.2. The molecule has 1 N–H and O–H groups in total. The van der Waals surface area contributed by atoms with Gasteiger partial charge in [-0.05, 0) is 98.1 Å². The van der Waals surface area contributed by atoms with Gasteiger partial charge in [0.25, 0.3) is 10.1 Å². The minimum atomic E-state index is -4.14. The van der Waals surface area contributed by atoms with Crippen LogP contribution in [0.5, 0.6) is 5.75 Å². The van der Waals surface area contributed by atoms with Gasteiger partial charge < -0.3 is 37.6 Å². The van der Waals surface area contributed by atoms with E-state index in [2.05, 4.69) is 171 Å². The molecule has 0 amide bonds. The van der Waals surface area contributed by atoms with Crippen molar-refractivity contribution >= 4 is 260 Å². The van der Waals surface area contributed by atoms with E-state index in [4.69, 9.17) is 36.7 Å². The van der Waals surface area contributed by atoms with E-state index in [9.17, 15) is 18.3 Å². The zero-order valence-corrected chi connectivity index (χ0v) is 72.6. The summed E-state index contributed by atoms with van der Waals surface area (Å²) < 4.78 is 82.3. The van der Waals surface area contributed by atoms with Gasteiger partial charge in [0.15, 0.2) is 11.7 Å². The minimum Gasteiger partial charge on any atom is -0.497 e. The lowest BCUT2D eigenvalue weighted by molar-refractivity contribution is -0.285. The molecule has 5 rings (SSSR count). The van der Waals surface area contributed by atoms with Gasteiger partial charge in [-0.2, -0.15) is 8.42 Å². The van der Waals surface area contributed by atoms with Crippen LogP contribution in [0.2, 0.25) is 0 Å². The summed E-state index contributed by atoms with van der Waals surface area (Å²) >= 11 is 0. The third kappa shape index (κ3) is 17.8. The van der Waals surface area contributed by atoms with E-state index >= 15 is 0 Å². The first-order valence-electron chi connectivity index (χ1n) is 21.2. The Labute approximate surface area is 488 Å². The van der Waals surface area contributed by atoms with Gasteiger partial charge in [-0.1, -0.05) is 49.8 Å². The van der Waals surface area contributed by atoms with E-state index in [0.717, 1.165) is 23.0 Å². The largest absolute Gasteiger partial charge is 0.509 e. The van der Waals surface area contributed by atoms with Crippen molar-refractivity contribution in [1.29, 1.82) is 0 Å². The fourth-order valence-electron chi connectivity index (χ4n) is 10.2. The molecule has 1 saturated heterocycles. The van der Waals surface area contributed by atoms with Crippen LogP contribution in [0.25, 0.3) is 0 Å². The average molecular weight is 1590 g/mol. The van der Waals surface area contributed by atoms with Gasteiger partial charge in [-0.15, -0.1) is 134 Å². The van der Waals surface area contributed by atoms with Crippen LogP contribution in [0.1, 0.15) is 52.5 Å². The second-order valence-corrected chi connectivity index (χ2v) is 126. The van der Waals surface area contributed by atoms with Gasteiger partial charge in [0, 0.05) is 43.6 Å². The normalized spacial score (nSPS) is 31.5. The molecule has 2 saturated carbocycles. The van der Waals surface area contributed by atoms with E-state index in [0.29, 0.717) is 20.1 Å². The number of rotatable bonds is 24. The number of benzene rings is 1. The van der Waals surface area contributed by atoms with Crippen molar-refractivity contribution in [2.24, 2.45) is 16.7 Å². The van der Waals surface area contributed by atoms with Crippen molar-refractivity contribution in [3.05, 3.63) is 41.0 Å². The molecule has 30 atom stereocenters. The summed E-state index contributed by atoms with van der Waals surface area (Å²) in [6.45, 7) is 2.14. The summed E-state index contributed by atoms with van der Waals surface area (Å²) in [4.78, 5) is 14.7. The van der Waals surface area contributed by atoms with Crippen LogP contribution in [-0.4, -0.2) is 81.4 Å². The van der Waals surface area contributed by atoms with Crippen molar-refractivity contribution in [2.75, 3.05) is 20.0 Å². The zero-order chi connectivity index (χ0) is 55.1. The van der Waals surface area contributed by atoms with Gasteiger partial charge in [0.05, 0.1) is 73.6 Å². The molecule has 4 aliphatic rings. The molecular formula is C30H72O12P30S. The highest BCUT2D eigenvalue weighted by Crippen LogP contribution is 3.21. The summed E-state index contributed by atoms with van der Waals surface area (Å²) in [5.74, 6) is -0.345. The molecule has 43 heteroatoms. The van der Waals surface area contributed by atoms with Crippen molar-refractivity contribution in [3.63, 3.8) is 0 Å². The Balaban J connectivity index is 1.93. The number of aliphatic hydroxyl groups excluding tert-OH is 1. The monoisotopic (exact) mass is 1590 g/mol. The topological polar surface area (TPSA) is 145 Å². The molecule has 21 unspecified atom stereocenters. The molecule has 1 aliphatic heterocycles. The second kappa shape index (κ2) is 32.3.